The fourth-order valence-corrected chi connectivity index (χ4v) is 3.76. The molecule has 0 aliphatic rings. The molecule has 1 aromatic carbocycles. The van der Waals surface area contributed by atoms with Crippen molar-refractivity contribution in [2.24, 2.45) is 17.4 Å². The first-order valence-corrected chi connectivity index (χ1v) is 13.4. The first-order valence-electron chi connectivity index (χ1n) is 13.4. The molecule has 0 unspecified atom stereocenters. The van der Waals surface area contributed by atoms with Gasteiger partial charge in [-0.3, -0.25) is 28.8 Å². The van der Waals surface area contributed by atoms with Crippen molar-refractivity contribution < 1.29 is 48.9 Å². The molecule has 1 aromatic rings. The lowest BCUT2D eigenvalue weighted by molar-refractivity contribution is -0.144. The minimum Gasteiger partial charge on any atom is -0.481 e. The number of carboxylic acid groups (broad SMARTS) is 2. The fourth-order valence-electron chi connectivity index (χ4n) is 3.76. The van der Waals surface area contributed by atoms with Crippen molar-refractivity contribution in [1.82, 2.24) is 21.3 Å². The second-order valence-electron chi connectivity index (χ2n) is 10.3. The van der Waals surface area contributed by atoms with Crippen molar-refractivity contribution in [1.29, 1.82) is 0 Å². The summed E-state index contributed by atoms with van der Waals surface area (Å²) in [6, 6.07) is 1.11. The molecular formula is C27H40N6O10. The lowest BCUT2D eigenvalue weighted by Crippen LogP contribution is -2.61. The molecule has 1 rings (SSSR count). The van der Waals surface area contributed by atoms with Crippen LogP contribution in [0.2, 0.25) is 0 Å². The van der Waals surface area contributed by atoms with Gasteiger partial charge in [0.2, 0.25) is 29.5 Å². The van der Waals surface area contributed by atoms with E-state index in [1.807, 2.05) is 5.32 Å². The molecule has 0 radical (unpaired) electrons. The molecule has 16 nitrogen and oxygen atoms in total. The van der Waals surface area contributed by atoms with Crippen molar-refractivity contribution in [3.63, 3.8) is 0 Å². The van der Waals surface area contributed by atoms with Crippen LogP contribution in [0.4, 0.5) is 0 Å². The number of carboxylic acids is 2. The molecule has 0 bridgehead atoms. The average molecular weight is 609 g/mol. The molecular weight excluding hydrogens is 568 g/mol. The zero-order chi connectivity index (χ0) is 32.9. The third-order valence-electron chi connectivity index (χ3n) is 6.30. The summed E-state index contributed by atoms with van der Waals surface area (Å²) in [5.74, 6) is -7.86. The summed E-state index contributed by atoms with van der Waals surface area (Å²) >= 11 is 0. The molecule has 0 spiro atoms. The Bertz CT molecular complexity index is 1160. The van der Waals surface area contributed by atoms with Gasteiger partial charge in [0.05, 0.1) is 18.6 Å². The number of hydrogen-bond donors (Lipinski definition) is 9. The Balaban J connectivity index is 3.27. The Hall–Kier alpha value is -4.57. The number of aliphatic carboxylic acids is 2. The van der Waals surface area contributed by atoms with Crippen LogP contribution in [-0.2, 0) is 40.0 Å². The van der Waals surface area contributed by atoms with Crippen molar-refractivity contribution >= 4 is 41.5 Å². The highest BCUT2D eigenvalue weighted by molar-refractivity contribution is 5.96. The number of primary amides is 1. The van der Waals surface area contributed by atoms with E-state index in [-0.39, 0.29) is 18.8 Å². The first-order chi connectivity index (χ1) is 20.0. The van der Waals surface area contributed by atoms with E-state index < -0.39 is 90.6 Å². The molecule has 6 atom stereocenters. The number of aliphatic hydroxyl groups is 1. The standard InChI is InChI=1S/C27H40N6O10/c1-13(2)21(29)25(40)30-16(9-10-20(36)37)23(38)31-17(11-15-7-5-4-6-8-15)24(39)33-22(14(3)34)26(41)32-18(27(42)43)12-19(28)35/h4-8,13-14,16-18,21-22,34H,9-12,29H2,1-3H3,(H2,28,35)(H,30,40)(H,31,38)(H,32,41)(H,33,39)(H,36,37)(H,42,43)/t14-,16+,17+,18+,21+,22+/m1/s1. The summed E-state index contributed by atoms with van der Waals surface area (Å²) in [4.78, 5) is 85.9. The normalized spacial score (nSPS) is 15.1. The van der Waals surface area contributed by atoms with Gasteiger partial charge in [-0.05, 0) is 24.8 Å². The van der Waals surface area contributed by atoms with E-state index in [1.165, 1.54) is 0 Å². The Labute approximate surface area is 247 Å². The fraction of sp³-hybridized carbons (Fsp3) is 0.519. The molecule has 11 N–H and O–H groups in total. The van der Waals surface area contributed by atoms with Gasteiger partial charge in [-0.1, -0.05) is 44.2 Å². The van der Waals surface area contributed by atoms with Gasteiger partial charge in [0.25, 0.3) is 0 Å². The van der Waals surface area contributed by atoms with Crippen LogP contribution in [0.3, 0.4) is 0 Å². The van der Waals surface area contributed by atoms with E-state index in [9.17, 15) is 43.8 Å². The third kappa shape index (κ3) is 12.9. The molecule has 238 valence electrons. The van der Waals surface area contributed by atoms with Gasteiger partial charge in [0.1, 0.15) is 24.2 Å². The molecule has 0 aliphatic heterocycles. The Morgan fingerprint density at radius 2 is 1.30 bits per heavy atom. The number of amides is 5. The van der Waals surface area contributed by atoms with Gasteiger partial charge >= 0.3 is 11.9 Å². The van der Waals surface area contributed by atoms with E-state index in [0.717, 1.165) is 6.92 Å². The highest BCUT2D eigenvalue weighted by Crippen LogP contribution is 2.08. The van der Waals surface area contributed by atoms with Gasteiger partial charge in [-0.25, -0.2) is 4.79 Å². The van der Waals surface area contributed by atoms with Crippen LogP contribution in [0.15, 0.2) is 30.3 Å². The first kappa shape index (κ1) is 36.5. The number of aliphatic hydroxyl groups excluding tert-OH is 1. The number of nitrogens with two attached hydrogens (primary N) is 2. The minimum absolute atomic E-state index is 0.128. The molecule has 0 heterocycles. The molecule has 0 fully saturated rings. The summed E-state index contributed by atoms with van der Waals surface area (Å²) in [7, 11) is 0. The van der Waals surface area contributed by atoms with Gasteiger partial charge in [-0.15, -0.1) is 0 Å². The number of benzene rings is 1. The Morgan fingerprint density at radius 1 is 0.767 bits per heavy atom. The molecule has 0 saturated heterocycles. The van der Waals surface area contributed by atoms with Crippen LogP contribution in [0, 0.1) is 5.92 Å². The summed E-state index contributed by atoms with van der Waals surface area (Å²) in [5.41, 5.74) is 11.5. The number of rotatable bonds is 18. The molecule has 43 heavy (non-hydrogen) atoms. The van der Waals surface area contributed by atoms with Gasteiger partial charge in [-0.2, -0.15) is 0 Å². The second-order valence-corrected chi connectivity index (χ2v) is 10.3. The largest absolute Gasteiger partial charge is 0.481 e. The van der Waals surface area contributed by atoms with Crippen LogP contribution in [0.5, 0.6) is 0 Å². The zero-order valence-corrected chi connectivity index (χ0v) is 24.1. The van der Waals surface area contributed by atoms with Gasteiger partial charge < -0.3 is 48.1 Å². The van der Waals surface area contributed by atoms with E-state index >= 15 is 0 Å². The third-order valence-corrected chi connectivity index (χ3v) is 6.30. The molecule has 5 amide bonds. The second kappa shape index (κ2) is 17.4. The summed E-state index contributed by atoms with van der Waals surface area (Å²) in [6.45, 7) is 4.50. The lowest BCUT2D eigenvalue weighted by Gasteiger charge is -2.27. The van der Waals surface area contributed by atoms with Crippen LogP contribution in [0.1, 0.15) is 45.6 Å². The highest BCUT2D eigenvalue weighted by Gasteiger charge is 2.34. The Morgan fingerprint density at radius 3 is 1.79 bits per heavy atom. The minimum atomic E-state index is -1.74. The molecule has 0 saturated carbocycles. The average Bonchev–Trinajstić information content (AvgIpc) is 2.92. The van der Waals surface area contributed by atoms with Crippen molar-refractivity contribution in [2.75, 3.05) is 0 Å². The lowest BCUT2D eigenvalue weighted by atomic mass is 10.0. The maximum Gasteiger partial charge on any atom is 0.326 e. The van der Waals surface area contributed by atoms with Crippen LogP contribution >= 0.6 is 0 Å². The van der Waals surface area contributed by atoms with Crippen LogP contribution < -0.4 is 32.7 Å². The molecule has 0 aliphatic carbocycles. The summed E-state index contributed by atoms with van der Waals surface area (Å²) in [6.07, 6.45) is -3.26. The van der Waals surface area contributed by atoms with Crippen LogP contribution in [-0.4, -0.2) is 93.1 Å². The van der Waals surface area contributed by atoms with E-state index in [0.29, 0.717) is 5.56 Å². The van der Waals surface area contributed by atoms with Gasteiger partial charge in [0.15, 0.2) is 0 Å². The smallest absolute Gasteiger partial charge is 0.326 e. The number of hydrogen-bond acceptors (Lipinski definition) is 9. The maximum atomic E-state index is 13.4. The predicted octanol–water partition coefficient (Wildman–Crippen LogP) is -2.64. The molecule has 16 heteroatoms. The van der Waals surface area contributed by atoms with Crippen LogP contribution in [0.25, 0.3) is 0 Å². The SMILES string of the molecule is CC(C)[C@H](N)C(=O)N[C@@H](CCC(=O)O)C(=O)N[C@@H](Cc1ccccc1)C(=O)N[C@H](C(=O)N[C@@H](CC(N)=O)C(=O)O)[C@@H](C)O. The Kier molecular flexibility index (Phi) is 14.8. The molecule has 0 aromatic heterocycles. The van der Waals surface area contributed by atoms with Gasteiger partial charge in [0, 0.05) is 12.8 Å². The van der Waals surface area contributed by atoms with Crippen molar-refractivity contribution in [3.05, 3.63) is 35.9 Å². The number of carbonyl (C=O) groups is 7. The number of nitrogens with one attached hydrogen (secondary N) is 4. The topological polar surface area (TPSA) is 280 Å². The van der Waals surface area contributed by atoms with E-state index in [4.69, 9.17) is 16.6 Å². The summed E-state index contributed by atoms with van der Waals surface area (Å²) < 4.78 is 0. The maximum absolute atomic E-state index is 13.4. The van der Waals surface area contributed by atoms with E-state index in [2.05, 4.69) is 16.0 Å². The predicted molar refractivity (Wildman–Crippen MR) is 151 cm³/mol. The zero-order valence-electron chi connectivity index (χ0n) is 24.1. The number of carbonyl (C=O) groups excluding carboxylic acids is 5. The van der Waals surface area contributed by atoms with Crippen molar-refractivity contribution in [3.8, 4) is 0 Å². The summed E-state index contributed by atoms with van der Waals surface area (Å²) in [5, 5.41) is 37.8. The highest BCUT2D eigenvalue weighted by atomic mass is 16.4. The van der Waals surface area contributed by atoms with Crippen molar-refractivity contribution in [2.45, 2.75) is 82.8 Å². The quantitative estimate of drug-likeness (QED) is 0.0830. The van der Waals surface area contributed by atoms with E-state index in [1.54, 1.807) is 44.2 Å². The monoisotopic (exact) mass is 608 g/mol.